The van der Waals surface area contributed by atoms with Gasteiger partial charge < -0.3 is 10.3 Å². The van der Waals surface area contributed by atoms with Crippen LogP contribution in [-0.2, 0) is 6.54 Å². The lowest BCUT2D eigenvalue weighted by Crippen LogP contribution is -1.98. The highest BCUT2D eigenvalue weighted by Crippen LogP contribution is 2.16. The number of fused-ring (bicyclic) bond motifs is 1. The first-order valence-corrected chi connectivity index (χ1v) is 6.23. The molecule has 0 aliphatic carbocycles. The Bertz CT molecular complexity index is 608. The Kier molecular flexibility index (Phi) is 2.53. The van der Waals surface area contributed by atoms with Crippen molar-refractivity contribution in [3.8, 4) is 0 Å². The molecule has 86 valence electrons. The van der Waals surface area contributed by atoms with E-state index in [4.69, 9.17) is 0 Å². The Morgan fingerprint density at radius 2 is 2.24 bits per heavy atom. The minimum Gasteiger partial charge on any atom is -0.351 e. The lowest BCUT2D eigenvalue weighted by atomic mass is 10.3. The van der Waals surface area contributed by atoms with E-state index in [0.717, 1.165) is 28.5 Å². The summed E-state index contributed by atoms with van der Waals surface area (Å²) in [5.41, 5.74) is 2.03. The van der Waals surface area contributed by atoms with Crippen molar-refractivity contribution >= 4 is 28.3 Å². The molecule has 0 amide bonds. The smallest absolute Gasteiger partial charge is 0.201 e. The van der Waals surface area contributed by atoms with Crippen molar-refractivity contribution in [1.82, 2.24) is 15.0 Å². The number of nitrogens with zero attached hydrogens (tertiary/aromatic N) is 2. The van der Waals surface area contributed by atoms with Gasteiger partial charge in [-0.2, -0.15) is 0 Å². The minimum atomic E-state index is 0.755. The average Bonchev–Trinajstić information content (AvgIpc) is 2.91. The molecule has 2 heterocycles. The number of H-pyrrole nitrogens is 1. The number of rotatable bonds is 3. The topological polar surface area (TPSA) is 53.6 Å². The van der Waals surface area contributed by atoms with Crippen LogP contribution < -0.4 is 5.32 Å². The largest absolute Gasteiger partial charge is 0.351 e. The van der Waals surface area contributed by atoms with Gasteiger partial charge >= 0.3 is 0 Å². The van der Waals surface area contributed by atoms with Gasteiger partial charge in [-0.1, -0.05) is 12.1 Å². The van der Waals surface area contributed by atoms with E-state index in [-0.39, 0.29) is 0 Å². The van der Waals surface area contributed by atoms with Crippen LogP contribution in [-0.4, -0.2) is 15.0 Å². The molecule has 3 aromatic rings. The molecule has 0 saturated heterocycles. The van der Waals surface area contributed by atoms with Gasteiger partial charge in [0.15, 0.2) is 0 Å². The van der Waals surface area contributed by atoms with E-state index in [1.807, 2.05) is 37.4 Å². The van der Waals surface area contributed by atoms with Crippen LogP contribution >= 0.6 is 11.3 Å². The van der Waals surface area contributed by atoms with Crippen molar-refractivity contribution in [2.24, 2.45) is 0 Å². The number of aromatic amines is 1. The quantitative estimate of drug-likeness (QED) is 0.744. The second-order valence-electron chi connectivity index (χ2n) is 3.80. The first kappa shape index (κ1) is 10.3. The standard InChI is InChI=1S/C12H12N4S/c1-8-13-6-9(17-8)7-14-12-15-10-4-2-3-5-11(10)16-12/h2-6H,7H2,1H3,(H2,14,15,16). The van der Waals surface area contributed by atoms with Crippen LogP contribution in [0.25, 0.3) is 11.0 Å². The molecule has 1 aromatic carbocycles. The lowest BCUT2D eigenvalue weighted by molar-refractivity contribution is 1.11. The molecule has 0 aliphatic heterocycles. The van der Waals surface area contributed by atoms with Gasteiger partial charge in [-0.25, -0.2) is 9.97 Å². The van der Waals surface area contributed by atoms with Crippen LogP contribution in [0.1, 0.15) is 9.88 Å². The maximum absolute atomic E-state index is 4.45. The third kappa shape index (κ3) is 2.14. The summed E-state index contributed by atoms with van der Waals surface area (Å²) in [6.45, 7) is 2.76. The molecule has 3 rings (SSSR count). The Morgan fingerprint density at radius 3 is 3.00 bits per heavy atom. The zero-order chi connectivity index (χ0) is 11.7. The summed E-state index contributed by atoms with van der Waals surface area (Å²) in [6, 6.07) is 7.99. The number of hydrogen-bond donors (Lipinski definition) is 2. The molecule has 0 radical (unpaired) electrons. The summed E-state index contributed by atoms with van der Waals surface area (Å²) >= 11 is 1.70. The van der Waals surface area contributed by atoms with E-state index in [1.54, 1.807) is 11.3 Å². The molecule has 2 N–H and O–H groups in total. The molecular weight excluding hydrogens is 232 g/mol. The van der Waals surface area contributed by atoms with Gasteiger partial charge in [0, 0.05) is 11.1 Å². The van der Waals surface area contributed by atoms with E-state index < -0.39 is 0 Å². The van der Waals surface area contributed by atoms with E-state index in [9.17, 15) is 0 Å². The molecule has 0 aliphatic rings. The molecule has 0 atom stereocenters. The maximum Gasteiger partial charge on any atom is 0.201 e. The Morgan fingerprint density at radius 1 is 1.35 bits per heavy atom. The number of para-hydroxylation sites is 2. The summed E-state index contributed by atoms with van der Waals surface area (Å²) < 4.78 is 0. The zero-order valence-electron chi connectivity index (χ0n) is 9.40. The normalized spacial score (nSPS) is 10.9. The van der Waals surface area contributed by atoms with E-state index in [0.29, 0.717) is 0 Å². The third-order valence-electron chi connectivity index (χ3n) is 2.49. The third-order valence-corrected chi connectivity index (χ3v) is 3.40. The first-order chi connectivity index (χ1) is 8.31. The zero-order valence-corrected chi connectivity index (χ0v) is 10.2. The molecule has 0 spiro atoms. The SMILES string of the molecule is Cc1ncc(CNc2nc3ccccc3[nH]2)s1. The highest BCUT2D eigenvalue weighted by molar-refractivity contribution is 7.11. The van der Waals surface area contributed by atoms with Crippen LogP contribution in [0.15, 0.2) is 30.5 Å². The van der Waals surface area contributed by atoms with Crippen molar-refractivity contribution in [2.75, 3.05) is 5.32 Å². The average molecular weight is 244 g/mol. The van der Waals surface area contributed by atoms with Crippen LogP contribution in [0.2, 0.25) is 0 Å². The van der Waals surface area contributed by atoms with Crippen LogP contribution in [0.3, 0.4) is 0 Å². The van der Waals surface area contributed by atoms with Gasteiger partial charge in [0.05, 0.1) is 22.6 Å². The van der Waals surface area contributed by atoms with E-state index in [2.05, 4.69) is 20.3 Å². The van der Waals surface area contributed by atoms with Gasteiger partial charge in [-0.3, -0.25) is 0 Å². The highest BCUT2D eigenvalue weighted by Gasteiger charge is 2.02. The number of benzene rings is 1. The molecule has 2 aromatic heterocycles. The van der Waals surface area contributed by atoms with Crippen molar-refractivity contribution in [2.45, 2.75) is 13.5 Å². The number of anilines is 1. The Hall–Kier alpha value is -1.88. The summed E-state index contributed by atoms with van der Waals surface area (Å²) in [6.07, 6.45) is 1.90. The molecule has 0 bridgehead atoms. The molecule has 17 heavy (non-hydrogen) atoms. The van der Waals surface area contributed by atoms with Crippen LogP contribution in [0.5, 0.6) is 0 Å². The fourth-order valence-electron chi connectivity index (χ4n) is 1.69. The summed E-state index contributed by atoms with van der Waals surface area (Å²) in [7, 11) is 0. The van der Waals surface area contributed by atoms with Gasteiger partial charge in [-0.05, 0) is 19.1 Å². The summed E-state index contributed by atoms with van der Waals surface area (Å²) in [5, 5.41) is 4.36. The Balaban J connectivity index is 1.76. The van der Waals surface area contributed by atoms with Crippen LogP contribution in [0.4, 0.5) is 5.95 Å². The molecule has 0 unspecified atom stereocenters. The van der Waals surface area contributed by atoms with E-state index in [1.165, 1.54) is 4.88 Å². The molecule has 0 saturated carbocycles. The van der Waals surface area contributed by atoms with Gasteiger partial charge in [0.2, 0.25) is 5.95 Å². The number of imidazole rings is 1. The summed E-state index contributed by atoms with van der Waals surface area (Å²) in [4.78, 5) is 13.1. The molecule has 4 nitrogen and oxygen atoms in total. The first-order valence-electron chi connectivity index (χ1n) is 5.41. The van der Waals surface area contributed by atoms with Crippen molar-refractivity contribution in [3.63, 3.8) is 0 Å². The van der Waals surface area contributed by atoms with E-state index >= 15 is 0 Å². The highest BCUT2D eigenvalue weighted by atomic mass is 32.1. The fraction of sp³-hybridized carbons (Fsp3) is 0.167. The van der Waals surface area contributed by atoms with Crippen LogP contribution in [0, 0.1) is 6.92 Å². The number of aryl methyl sites for hydroxylation is 1. The number of aromatic nitrogens is 3. The maximum atomic E-state index is 4.45. The van der Waals surface area contributed by atoms with Gasteiger partial charge in [0.25, 0.3) is 0 Å². The predicted molar refractivity (Wildman–Crippen MR) is 70.3 cm³/mol. The molecule has 0 fully saturated rings. The summed E-state index contributed by atoms with van der Waals surface area (Å²) in [5.74, 6) is 0.803. The van der Waals surface area contributed by atoms with Gasteiger partial charge in [0.1, 0.15) is 0 Å². The minimum absolute atomic E-state index is 0.755. The second-order valence-corrected chi connectivity index (χ2v) is 5.12. The molecule has 5 heteroatoms. The van der Waals surface area contributed by atoms with Gasteiger partial charge in [-0.15, -0.1) is 11.3 Å². The van der Waals surface area contributed by atoms with Crippen molar-refractivity contribution < 1.29 is 0 Å². The second kappa shape index (κ2) is 4.18. The fourth-order valence-corrected chi connectivity index (χ4v) is 2.43. The number of hydrogen-bond acceptors (Lipinski definition) is 4. The molecular formula is C12H12N4S. The van der Waals surface area contributed by atoms with Crippen molar-refractivity contribution in [3.05, 3.63) is 40.3 Å². The Labute approximate surface area is 103 Å². The number of nitrogens with one attached hydrogen (secondary N) is 2. The lowest BCUT2D eigenvalue weighted by Gasteiger charge is -1.98. The monoisotopic (exact) mass is 244 g/mol. The van der Waals surface area contributed by atoms with Crippen molar-refractivity contribution in [1.29, 1.82) is 0 Å². The number of thiazole rings is 1. The predicted octanol–water partition coefficient (Wildman–Crippen LogP) is 2.94.